The van der Waals surface area contributed by atoms with Crippen LogP contribution in [0.2, 0.25) is 0 Å². The lowest BCUT2D eigenvalue weighted by Gasteiger charge is -2.27. The van der Waals surface area contributed by atoms with Crippen molar-refractivity contribution in [3.8, 4) is 0 Å². The lowest BCUT2D eigenvalue weighted by atomic mass is 9.91. The second-order valence-electron chi connectivity index (χ2n) is 7.16. The normalized spacial score (nSPS) is 19.8. The van der Waals surface area contributed by atoms with E-state index >= 15 is 0 Å². The Morgan fingerprint density at radius 3 is 2.48 bits per heavy atom. The van der Waals surface area contributed by atoms with Crippen LogP contribution in [0.5, 0.6) is 0 Å². The molecule has 2 atom stereocenters. The summed E-state index contributed by atoms with van der Waals surface area (Å²) in [5.74, 6) is -2.85. The van der Waals surface area contributed by atoms with Gasteiger partial charge in [0.05, 0.1) is 6.04 Å². The first-order chi connectivity index (χ1) is 13.6. The van der Waals surface area contributed by atoms with Crippen molar-refractivity contribution in [2.75, 3.05) is 13.6 Å². The Balaban J connectivity index is 1.80. The molecule has 8 heteroatoms. The Kier molecular flexibility index (Phi) is 5.37. The highest BCUT2D eigenvalue weighted by molar-refractivity contribution is 6.09. The zero-order valence-electron chi connectivity index (χ0n) is 16.3. The van der Waals surface area contributed by atoms with E-state index < -0.39 is 41.6 Å². The topological polar surface area (TPSA) is 69.7 Å². The van der Waals surface area contributed by atoms with Crippen LogP contribution in [0, 0.1) is 11.6 Å². The maximum Gasteiger partial charge on any atom is 0.325 e. The van der Waals surface area contributed by atoms with Gasteiger partial charge in [-0.25, -0.2) is 13.6 Å². The monoisotopic (exact) mass is 401 g/mol. The van der Waals surface area contributed by atoms with Crippen LogP contribution in [0.25, 0.3) is 0 Å². The van der Waals surface area contributed by atoms with E-state index in [0.717, 1.165) is 28.7 Å². The third-order valence-corrected chi connectivity index (χ3v) is 5.29. The molecular formula is C21H21F2N3O3. The maximum absolute atomic E-state index is 14.2. The van der Waals surface area contributed by atoms with E-state index in [9.17, 15) is 23.2 Å². The van der Waals surface area contributed by atoms with Gasteiger partial charge >= 0.3 is 6.03 Å². The molecule has 6 nitrogen and oxygen atoms in total. The van der Waals surface area contributed by atoms with Crippen LogP contribution >= 0.6 is 0 Å². The van der Waals surface area contributed by atoms with Crippen LogP contribution in [0.3, 0.4) is 0 Å². The number of nitrogens with zero attached hydrogens (tertiary/aromatic N) is 2. The second-order valence-corrected chi connectivity index (χ2v) is 7.16. The molecule has 0 aromatic heterocycles. The minimum atomic E-state index is -1.80. The number of benzene rings is 2. The Labute approximate surface area is 167 Å². The fraction of sp³-hybridized carbons (Fsp3) is 0.286. The number of likely N-dealkylation sites (N-methyl/N-ethyl adjacent to an activating group) is 1. The smallest absolute Gasteiger partial charge is 0.325 e. The number of amides is 4. The second kappa shape index (κ2) is 7.62. The van der Waals surface area contributed by atoms with E-state index in [4.69, 9.17) is 0 Å². The van der Waals surface area contributed by atoms with E-state index in [1.54, 1.807) is 7.05 Å². The van der Waals surface area contributed by atoms with Gasteiger partial charge in [0.2, 0.25) is 5.91 Å². The molecule has 0 spiro atoms. The van der Waals surface area contributed by atoms with Gasteiger partial charge in [-0.2, -0.15) is 0 Å². The minimum Gasteiger partial charge on any atom is -0.337 e. The molecule has 0 aliphatic carbocycles. The van der Waals surface area contributed by atoms with E-state index in [1.165, 1.54) is 11.8 Å². The standard InChI is InChI=1S/C21H21F2N3O3/c1-13(14-7-5-4-6-8-14)25(3)18(27)12-26-19(28)21(2,24-20(26)29)16-11-15(22)9-10-17(16)23/h4-11,13H,12H2,1-3H3,(H,24,29)/t13-,21-/m1/s1. The number of imide groups is 1. The zero-order valence-corrected chi connectivity index (χ0v) is 16.3. The fourth-order valence-electron chi connectivity index (χ4n) is 3.32. The van der Waals surface area contributed by atoms with Crippen molar-refractivity contribution in [2.24, 2.45) is 0 Å². The van der Waals surface area contributed by atoms with Gasteiger partial charge < -0.3 is 10.2 Å². The third kappa shape index (κ3) is 3.70. The van der Waals surface area contributed by atoms with Crippen LogP contribution in [-0.2, 0) is 15.1 Å². The van der Waals surface area contributed by atoms with Gasteiger partial charge in [-0.1, -0.05) is 30.3 Å². The Bertz CT molecular complexity index is 967. The van der Waals surface area contributed by atoms with Crippen molar-refractivity contribution >= 4 is 17.8 Å². The first-order valence-corrected chi connectivity index (χ1v) is 9.05. The van der Waals surface area contributed by atoms with Crippen LogP contribution in [0.4, 0.5) is 13.6 Å². The number of nitrogens with one attached hydrogen (secondary N) is 1. The molecule has 0 radical (unpaired) electrons. The molecule has 1 saturated heterocycles. The van der Waals surface area contributed by atoms with Gasteiger partial charge in [0.1, 0.15) is 23.7 Å². The Hall–Kier alpha value is -3.29. The summed E-state index contributed by atoms with van der Waals surface area (Å²) in [5.41, 5.74) is -1.20. The van der Waals surface area contributed by atoms with E-state index in [-0.39, 0.29) is 11.6 Å². The number of carbonyl (C=O) groups is 3. The predicted molar refractivity (Wildman–Crippen MR) is 102 cm³/mol. The molecule has 4 amide bonds. The Morgan fingerprint density at radius 1 is 1.17 bits per heavy atom. The van der Waals surface area contributed by atoms with Crippen molar-refractivity contribution in [3.63, 3.8) is 0 Å². The lowest BCUT2D eigenvalue weighted by molar-refractivity contribution is -0.139. The highest BCUT2D eigenvalue weighted by Gasteiger charge is 2.51. The quantitative estimate of drug-likeness (QED) is 0.784. The average Bonchev–Trinajstić information content (AvgIpc) is 2.93. The van der Waals surface area contributed by atoms with Crippen molar-refractivity contribution in [2.45, 2.75) is 25.4 Å². The summed E-state index contributed by atoms with van der Waals surface area (Å²) in [6.07, 6.45) is 0. The molecule has 0 unspecified atom stereocenters. The number of halogens is 2. The molecule has 29 heavy (non-hydrogen) atoms. The van der Waals surface area contributed by atoms with Crippen LogP contribution < -0.4 is 5.32 Å². The third-order valence-electron chi connectivity index (χ3n) is 5.29. The van der Waals surface area contributed by atoms with Gasteiger partial charge in [-0.15, -0.1) is 0 Å². The van der Waals surface area contributed by atoms with Gasteiger partial charge in [0, 0.05) is 12.6 Å². The van der Waals surface area contributed by atoms with E-state index in [2.05, 4.69) is 5.32 Å². The van der Waals surface area contributed by atoms with Gasteiger partial charge in [0.15, 0.2) is 0 Å². The molecule has 1 aliphatic rings. The molecular weight excluding hydrogens is 380 g/mol. The molecule has 0 saturated carbocycles. The molecule has 1 N–H and O–H groups in total. The number of urea groups is 1. The zero-order chi connectivity index (χ0) is 21.3. The summed E-state index contributed by atoms with van der Waals surface area (Å²) < 4.78 is 27.8. The molecule has 2 aromatic rings. The van der Waals surface area contributed by atoms with Gasteiger partial charge in [-0.3, -0.25) is 14.5 Å². The summed E-state index contributed by atoms with van der Waals surface area (Å²) in [6.45, 7) is 2.60. The van der Waals surface area contributed by atoms with E-state index in [1.807, 2.05) is 37.3 Å². The highest BCUT2D eigenvalue weighted by Crippen LogP contribution is 2.31. The molecule has 0 bridgehead atoms. The number of hydrogen-bond acceptors (Lipinski definition) is 3. The fourth-order valence-corrected chi connectivity index (χ4v) is 3.32. The highest BCUT2D eigenvalue weighted by atomic mass is 19.1. The number of carbonyl (C=O) groups excluding carboxylic acids is 3. The first-order valence-electron chi connectivity index (χ1n) is 9.05. The van der Waals surface area contributed by atoms with E-state index in [0.29, 0.717) is 0 Å². The summed E-state index contributed by atoms with van der Waals surface area (Å²) in [5, 5.41) is 2.38. The summed E-state index contributed by atoms with van der Waals surface area (Å²) in [6, 6.07) is 10.8. The summed E-state index contributed by atoms with van der Waals surface area (Å²) >= 11 is 0. The van der Waals surface area contributed by atoms with Crippen molar-refractivity contribution in [1.29, 1.82) is 0 Å². The molecule has 1 aliphatic heterocycles. The van der Waals surface area contributed by atoms with Crippen molar-refractivity contribution in [1.82, 2.24) is 15.1 Å². The molecule has 1 fully saturated rings. The molecule has 1 heterocycles. The Morgan fingerprint density at radius 2 is 1.83 bits per heavy atom. The van der Waals surface area contributed by atoms with Crippen LogP contribution in [0.15, 0.2) is 48.5 Å². The summed E-state index contributed by atoms with van der Waals surface area (Å²) in [4.78, 5) is 40.1. The summed E-state index contributed by atoms with van der Waals surface area (Å²) in [7, 11) is 1.57. The molecule has 152 valence electrons. The maximum atomic E-state index is 14.2. The van der Waals surface area contributed by atoms with Gasteiger partial charge in [0.25, 0.3) is 5.91 Å². The predicted octanol–water partition coefficient (Wildman–Crippen LogP) is 2.95. The van der Waals surface area contributed by atoms with Gasteiger partial charge in [-0.05, 0) is 37.6 Å². The number of rotatable bonds is 5. The number of hydrogen-bond donors (Lipinski definition) is 1. The molecule has 2 aromatic carbocycles. The van der Waals surface area contributed by atoms with Crippen LogP contribution in [-0.4, -0.2) is 41.2 Å². The lowest BCUT2D eigenvalue weighted by Crippen LogP contribution is -2.44. The largest absolute Gasteiger partial charge is 0.337 e. The van der Waals surface area contributed by atoms with Crippen molar-refractivity contribution in [3.05, 3.63) is 71.3 Å². The minimum absolute atomic E-state index is 0.281. The molecule has 3 rings (SSSR count). The van der Waals surface area contributed by atoms with Crippen molar-refractivity contribution < 1.29 is 23.2 Å². The average molecular weight is 401 g/mol. The van der Waals surface area contributed by atoms with Crippen LogP contribution in [0.1, 0.15) is 31.0 Å². The SMILES string of the molecule is C[C@H](c1ccccc1)N(C)C(=O)CN1C(=O)N[C@](C)(c2cc(F)ccc2F)C1=O. The first kappa shape index (κ1) is 20.4.